The number of amides is 1. The van der Waals surface area contributed by atoms with E-state index < -0.39 is 0 Å². The number of piperazine rings is 1. The third-order valence-electron chi connectivity index (χ3n) is 4.78. The molecule has 1 amide bonds. The maximum Gasteiger partial charge on any atom is 0.230 e. The van der Waals surface area contributed by atoms with E-state index in [9.17, 15) is 4.79 Å². The van der Waals surface area contributed by atoms with Crippen LogP contribution < -0.4 is 0 Å². The summed E-state index contributed by atoms with van der Waals surface area (Å²) in [4.78, 5) is 16.9. The molecule has 2 aliphatic heterocycles. The summed E-state index contributed by atoms with van der Waals surface area (Å²) in [6.45, 7) is 5.93. The van der Waals surface area contributed by atoms with E-state index in [0.29, 0.717) is 12.2 Å². The fourth-order valence-electron chi connectivity index (χ4n) is 3.33. The standard InChI is InChI=1S/C15H23N3O3/c1-12-9-13(21-16-12)10-14(19)18-6-5-17(2)15(11-18)3-7-20-8-4-15/h9H,3-8,10-11H2,1-2H3. The van der Waals surface area contributed by atoms with Crippen LogP contribution in [0.4, 0.5) is 0 Å². The first-order valence-electron chi connectivity index (χ1n) is 7.58. The van der Waals surface area contributed by atoms with E-state index in [4.69, 9.17) is 9.26 Å². The highest BCUT2D eigenvalue weighted by Crippen LogP contribution is 2.30. The number of aryl methyl sites for hydroxylation is 1. The van der Waals surface area contributed by atoms with Gasteiger partial charge in [-0.1, -0.05) is 5.16 Å². The van der Waals surface area contributed by atoms with Gasteiger partial charge in [0.15, 0.2) is 0 Å². The van der Waals surface area contributed by atoms with Gasteiger partial charge in [0.05, 0.1) is 12.1 Å². The molecule has 21 heavy (non-hydrogen) atoms. The Labute approximate surface area is 125 Å². The highest BCUT2D eigenvalue weighted by Gasteiger charge is 2.42. The number of hydrogen-bond acceptors (Lipinski definition) is 5. The van der Waals surface area contributed by atoms with Gasteiger partial charge in [0, 0.05) is 44.5 Å². The minimum atomic E-state index is 0.0868. The molecule has 6 heteroatoms. The molecule has 0 unspecified atom stereocenters. The Hall–Kier alpha value is -1.40. The SMILES string of the molecule is Cc1cc(CC(=O)N2CCN(C)C3(CCOCC3)C2)on1. The van der Waals surface area contributed by atoms with Crippen LogP contribution in [-0.4, -0.2) is 66.3 Å². The molecule has 0 bridgehead atoms. The third-order valence-corrected chi connectivity index (χ3v) is 4.78. The largest absolute Gasteiger partial charge is 0.381 e. The summed E-state index contributed by atoms with van der Waals surface area (Å²) in [7, 11) is 2.16. The fourth-order valence-corrected chi connectivity index (χ4v) is 3.33. The summed E-state index contributed by atoms with van der Waals surface area (Å²) < 4.78 is 10.6. The van der Waals surface area contributed by atoms with Crippen molar-refractivity contribution in [3.63, 3.8) is 0 Å². The molecule has 1 aromatic heterocycles. The third kappa shape index (κ3) is 2.96. The number of carbonyl (C=O) groups is 1. The molecule has 2 fully saturated rings. The number of likely N-dealkylation sites (N-methyl/N-ethyl adjacent to an activating group) is 1. The van der Waals surface area contributed by atoms with Crippen LogP contribution >= 0.6 is 0 Å². The Bertz CT molecular complexity index is 508. The molecule has 0 N–H and O–H groups in total. The van der Waals surface area contributed by atoms with Crippen LogP contribution in [0, 0.1) is 6.92 Å². The lowest BCUT2D eigenvalue weighted by molar-refractivity contribution is -0.139. The van der Waals surface area contributed by atoms with Crippen LogP contribution in [0.25, 0.3) is 0 Å². The average Bonchev–Trinajstić information content (AvgIpc) is 2.88. The summed E-state index contributed by atoms with van der Waals surface area (Å²) in [5.74, 6) is 0.780. The second-order valence-electron chi connectivity index (χ2n) is 6.18. The number of rotatable bonds is 2. The van der Waals surface area contributed by atoms with Gasteiger partial charge in [-0.2, -0.15) is 0 Å². The van der Waals surface area contributed by atoms with Gasteiger partial charge in [-0.15, -0.1) is 0 Å². The topological polar surface area (TPSA) is 58.8 Å². The van der Waals surface area contributed by atoms with Crippen LogP contribution in [0.1, 0.15) is 24.3 Å². The molecular formula is C15H23N3O3. The molecule has 0 saturated carbocycles. The van der Waals surface area contributed by atoms with E-state index in [0.717, 1.165) is 51.4 Å². The van der Waals surface area contributed by atoms with Gasteiger partial charge < -0.3 is 14.2 Å². The molecule has 0 aliphatic carbocycles. The molecule has 3 rings (SSSR count). The number of carbonyl (C=O) groups excluding carboxylic acids is 1. The lowest BCUT2D eigenvalue weighted by Gasteiger charge is -2.51. The maximum absolute atomic E-state index is 12.5. The van der Waals surface area contributed by atoms with Crippen molar-refractivity contribution in [1.29, 1.82) is 0 Å². The van der Waals surface area contributed by atoms with Crippen LogP contribution in [-0.2, 0) is 16.0 Å². The smallest absolute Gasteiger partial charge is 0.230 e. The van der Waals surface area contributed by atoms with Crippen molar-refractivity contribution in [2.75, 3.05) is 39.9 Å². The zero-order valence-electron chi connectivity index (χ0n) is 12.8. The van der Waals surface area contributed by atoms with Crippen LogP contribution in [0.15, 0.2) is 10.6 Å². The molecule has 6 nitrogen and oxygen atoms in total. The number of aromatic nitrogens is 1. The van der Waals surface area contributed by atoms with Gasteiger partial charge >= 0.3 is 0 Å². The van der Waals surface area contributed by atoms with Crippen molar-refractivity contribution >= 4 is 5.91 Å². The summed E-state index contributed by atoms with van der Waals surface area (Å²) in [6, 6.07) is 1.83. The second kappa shape index (κ2) is 5.77. The first kappa shape index (κ1) is 14.5. The van der Waals surface area contributed by atoms with Crippen molar-refractivity contribution in [3.8, 4) is 0 Å². The minimum absolute atomic E-state index is 0.0868. The zero-order valence-corrected chi connectivity index (χ0v) is 12.8. The lowest BCUT2D eigenvalue weighted by Crippen LogP contribution is -2.63. The van der Waals surface area contributed by atoms with Crippen LogP contribution in [0.2, 0.25) is 0 Å². The zero-order chi connectivity index (χ0) is 14.9. The highest BCUT2D eigenvalue weighted by atomic mass is 16.5. The monoisotopic (exact) mass is 293 g/mol. The molecule has 0 aromatic carbocycles. The molecular weight excluding hydrogens is 270 g/mol. The molecule has 3 heterocycles. The molecule has 2 aliphatic rings. The van der Waals surface area contributed by atoms with E-state index in [1.807, 2.05) is 17.9 Å². The van der Waals surface area contributed by atoms with Gasteiger partial charge in [-0.25, -0.2) is 0 Å². The number of nitrogens with zero attached hydrogens (tertiary/aromatic N) is 3. The first-order chi connectivity index (χ1) is 10.1. The normalized spacial score (nSPS) is 22.7. The molecule has 1 spiro atoms. The van der Waals surface area contributed by atoms with Gasteiger partial charge in [0.1, 0.15) is 5.76 Å². The molecule has 0 atom stereocenters. The summed E-state index contributed by atoms with van der Waals surface area (Å²) in [5.41, 5.74) is 0.904. The molecule has 116 valence electrons. The lowest BCUT2D eigenvalue weighted by atomic mass is 9.86. The summed E-state index contributed by atoms with van der Waals surface area (Å²) in [6.07, 6.45) is 2.29. The highest BCUT2D eigenvalue weighted by molar-refractivity contribution is 5.78. The fraction of sp³-hybridized carbons (Fsp3) is 0.733. The van der Waals surface area contributed by atoms with E-state index in [1.54, 1.807) is 0 Å². The van der Waals surface area contributed by atoms with E-state index >= 15 is 0 Å². The number of hydrogen-bond donors (Lipinski definition) is 0. The Balaban J connectivity index is 1.66. The van der Waals surface area contributed by atoms with Crippen molar-refractivity contribution < 1.29 is 14.1 Å². The Kier molecular flexibility index (Phi) is 3.99. The molecule has 1 aromatic rings. The Morgan fingerprint density at radius 2 is 2.14 bits per heavy atom. The van der Waals surface area contributed by atoms with Gasteiger partial charge in [0.25, 0.3) is 0 Å². The van der Waals surface area contributed by atoms with Crippen molar-refractivity contribution in [2.45, 2.75) is 31.7 Å². The Morgan fingerprint density at radius 3 is 2.81 bits per heavy atom. The summed E-state index contributed by atoms with van der Waals surface area (Å²) in [5, 5.41) is 3.84. The first-order valence-corrected chi connectivity index (χ1v) is 7.58. The summed E-state index contributed by atoms with van der Waals surface area (Å²) >= 11 is 0. The van der Waals surface area contributed by atoms with Crippen LogP contribution in [0.5, 0.6) is 0 Å². The van der Waals surface area contributed by atoms with Gasteiger partial charge in [-0.05, 0) is 26.8 Å². The predicted molar refractivity (Wildman–Crippen MR) is 76.9 cm³/mol. The van der Waals surface area contributed by atoms with E-state index in [2.05, 4.69) is 17.1 Å². The van der Waals surface area contributed by atoms with Crippen molar-refractivity contribution in [1.82, 2.24) is 15.0 Å². The minimum Gasteiger partial charge on any atom is -0.381 e. The van der Waals surface area contributed by atoms with Crippen molar-refractivity contribution in [2.24, 2.45) is 0 Å². The van der Waals surface area contributed by atoms with Gasteiger partial charge in [-0.3, -0.25) is 9.69 Å². The average molecular weight is 293 g/mol. The predicted octanol–water partition coefficient (Wildman–Crippen LogP) is 0.849. The Morgan fingerprint density at radius 1 is 1.38 bits per heavy atom. The van der Waals surface area contributed by atoms with E-state index in [1.165, 1.54) is 0 Å². The quantitative estimate of drug-likeness (QED) is 0.809. The van der Waals surface area contributed by atoms with Crippen molar-refractivity contribution in [3.05, 3.63) is 17.5 Å². The van der Waals surface area contributed by atoms with Gasteiger partial charge in [0.2, 0.25) is 5.91 Å². The number of ether oxygens (including phenoxy) is 1. The second-order valence-corrected chi connectivity index (χ2v) is 6.18. The maximum atomic E-state index is 12.5. The van der Waals surface area contributed by atoms with Crippen LogP contribution in [0.3, 0.4) is 0 Å². The molecule has 2 saturated heterocycles. The van der Waals surface area contributed by atoms with E-state index in [-0.39, 0.29) is 11.4 Å². The molecule has 0 radical (unpaired) electrons.